The molecule has 2 aromatic carbocycles. The molecule has 1 amide bonds. The van der Waals surface area contributed by atoms with Crippen LogP contribution in [0.5, 0.6) is 0 Å². The van der Waals surface area contributed by atoms with E-state index >= 15 is 0 Å². The number of carbonyl (C=O) groups excluding carboxylic acids is 2. The summed E-state index contributed by atoms with van der Waals surface area (Å²) in [6.07, 6.45) is 1.95. The molecule has 2 heterocycles. The van der Waals surface area contributed by atoms with Crippen molar-refractivity contribution >= 4 is 23.5 Å². The van der Waals surface area contributed by atoms with Gasteiger partial charge in [-0.15, -0.1) is 0 Å². The molecule has 1 aromatic heterocycles. The lowest BCUT2D eigenvalue weighted by Crippen LogP contribution is -2.39. The minimum Gasteiger partial charge on any atom is -0.338 e. The van der Waals surface area contributed by atoms with E-state index in [9.17, 15) is 9.59 Å². The normalized spacial score (nSPS) is 14.0. The van der Waals surface area contributed by atoms with E-state index in [2.05, 4.69) is 31.2 Å². The molecule has 5 heteroatoms. The maximum Gasteiger partial charge on any atom is 0.271 e. The average Bonchev–Trinajstić information content (AvgIpc) is 3.11. The summed E-state index contributed by atoms with van der Waals surface area (Å²) in [5.74, 6) is 1.74. The van der Waals surface area contributed by atoms with Gasteiger partial charge in [0.1, 0.15) is 5.69 Å². The molecule has 4 nitrogen and oxygen atoms in total. The fourth-order valence-corrected chi connectivity index (χ4v) is 4.89. The molecule has 1 saturated heterocycles. The largest absolute Gasteiger partial charge is 0.338 e. The Morgan fingerprint density at radius 2 is 1.45 bits per heavy atom. The van der Waals surface area contributed by atoms with E-state index in [1.807, 2.05) is 65.5 Å². The zero-order valence-electron chi connectivity index (χ0n) is 18.4. The number of aryl methyl sites for hydroxylation is 3. The van der Waals surface area contributed by atoms with E-state index in [-0.39, 0.29) is 11.7 Å². The smallest absolute Gasteiger partial charge is 0.271 e. The van der Waals surface area contributed by atoms with Gasteiger partial charge < -0.3 is 9.47 Å². The first kappa shape index (κ1) is 21.4. The Bertz CT molecular complexity index is 1090. The zero-order valence-corrected chi connectivity index (χ0v) is 19.2. The van der Waals surface area contributed by atoms with E-state index in [0.717, 1.165) is 41.3 Å². The van der Waals surface area contributed by atoms with Crippen LogP contribution >= 0.6 is 11.8 Å². The predicted molar refractivity (Wildman–Crippen MR) is 127 cm³/mol. The molecule has 3 aromatic rings. The van der Waals surface area contributed by atoms with Crippen molar-refractivity contribution in [1.29, 1.82) is 0 Å². The number of hydrogen-bond acceptors (Lipinski definition) is 3. The van der Waals surface area contributed by atoms with E-state index in [1.54, 1.807) is 0 Å². The first-order valence-corrected chi connectivity index (χ1v) is 11.8. The second kappa shape index (κ2) is 9.15. The molecule has 0 unspecified atom stereocenters. The van der Waals surface area contributed by atoms with Crippen LogP contribution in [0.1, 0.15) is 48.7 Å². The molecule has 4 rings (SSSR count). The number of hydrogen-bond donors (Lipinski definition) is 0. The summed E-state index contributed by atoms with van der Waals surface area (Å²) in [4.78, 5) is 29.0. The summed E-state index contributed by atoms with van der Waals surface area (Å²) in [7, 11) is 0. The summed E-state index contributed by atoms with van der Waals surface area (Å²) in [5, 5.41) is 0. The fourth-order valence-electron chi connectivity index (χ4n) is 3.99. The van der Waals surface area contributed by atoms with Crippen molar-refractivity contribution in [3.63, 3.8) is 0 Å². The Balaban J connectivity index is 1.78. The molecule has 31 heavy (non-hydrogen) atoms. The van der Waals surface area contributed by atoms with Crippen LogP contribution in [0.25, 0.3) is 0 Å². The SMILES string of the molecule is Cc1ccc(Cn2cc(C)c(C(=O)c3ccc(C)cc3)c2C(=O)N2CCSCC2)cc1. The number of carbonyl (C=O) groups is 2. The van der Waals surface area contributed by atoms with Gasteiger partial charge in [-0.2, -0.15) is 11.8 Å². The van der Waals surface area contributed by atoms with Gasteiger partial charge in [-0.05, 0) is 31.9 Å². The third-order valence-corrected chi connectivity index (χ3v) is 6.73. The van der Waals surface area contributed by atoms with Gasteiger partial charge in [-0.3, -0.25) is 9.59 Å². The quantitative estimate of drug-likeness (QED) is 0.540. The summed E-state index contributed by atoms with van der Waals surface area (Å²) in [5.41, 5.74) is 5.91. The molecule has 0 atom stereocenters. The Labute approximate surface area is 188 Å². The third kappa shape index (κ3) is 4.62. The summed E-state index contributed by atoms with van der Waals surface area (Å²) >= 11 is 1.87. The topological polar surface area (TPSA) is 42.3 Å². The summed E-state index contributed by atoms with van der Waals surface area (Å²) in [6, 6.07) is 15.9. The number of rotatable bonds is 5. The van der Waals surface area contributed by atoms with Crippen LogP contribution in [0, 0.1) is 20.8 Å². The average molecular weight is 433 g/mol. The van der Waals surface area contributed by atoms with Crippen LogP contribution < -0.4 is 0 Å². The van der Waals surface area contributed by atoms with Gasteiger partial charge in [-0.25, -0.2) is 0 Å². The molecule has 1 aliphatic rings. The van der Waals surface area contributed by atoms with Gasteiger partial charge in [0.05, 0.1) is 5.56 Å². The molecule has 0 aliphatic carbocycles. The highest BCUT2D eigenvalue weighted by atomic mass is 32.2. The zero-order chi connectivity index (χ0) is 22.0. The molecule has 1 aliphatic heterocycles. The number of ketones is 1. The summed E-state index contributed by atoms with van der Waals surface area (Å²) in [6.45, 7) is 7.99. The molecule has 0 spiro atoms. The molecule has 0 saturated carbocycles. The van der Waals surface area contributed by atoms with Crippen molar-refractivity contribution in [2.75, 3.05) is 24.6 Å². The van der Waals surface area contributed by atoms with Crippen LogP contribution in [0.4, 0.5) is 0 Å². The fraction of sp³-hybridized carbons (Fsp3) is 0.308. The van der Waals surface area contributed by atoms with E-state index < -0.39 is 0 Å². The van der Waals surface area contributed by atoms with Gasteiger partial charge >= 0.3 is 0 Å². The lowest BCUT2D eigenvalue weighted by molar-refractivity contribution is 0.0757. The van der Waals surface area contributed by atoms with E-state index in [4.69, 9.17) is 0 Å². The Kier molecular flexibility index (Phi) is 6.33. The highest BCUT2D eigenvalue weighted by Gasteiger charge is 2.29. The highest BCUT2D eigenvalue weighted by molar-refractivity contribution is 7.99. The number of aromatic nitrogens is 1. The molecule has 0 N–H and O–H groups in total. The number of benzene rings is 2. The van der Waals surface area contributed by atoms with E-state index in [1.165, 1.54) is 5.56 Å². The molecular formula is C26H28N2O2S. The lowest BCUT2D eigenvalue weighted by Gasteiger charge is -2.27. The van der Waals surface area contributed by atoms with E-state index in [0.29, 0.717) is 23.4 Å². The lowest BCUT2D eigenvalue weighted by atomic mass is 9.99. The van der Waals surface area contributed by atoms with Crippen LogP contribution in [-0.2, 0) is 6.54 Å². The second-order valence-corrected chi connectivity index (χ2v) is 9.47. The maximum absolute atomic E-state index is 13.6. The highest BCUT2D eigenvalue weighted by Crippen LogP contribution is 2.25. The monoisotopic (exact) mass is 432 g/mol. The molecule has 0 bridgehead atoms. The van der Waals surface area contributed by atoms with Gasteiger partial charge in [0.15, 0.2) is 5.78 Å². The molecular weight excluding hydrogens is 404 g/mol. The number of thioether (sulfide) groups is 1. The van der Waals surface area contributed by atoms with Gasteiger partial charge in [0, 0.05) is 42.9 Å². The van der Waals surface area contributed by atoms with Crippen molar-refractivity contribution in [2.24, 2.45) is 0 Å². The van der Waals surface area contributed by atoms with Gasteiger partial charge in [-0.1, -0.05) is 59.7 Å². The Morgan fingerprint density at radius 3 is 2.06 bits per heavy atom. The number of amides is 1. The standard InChI is InChI=1S/C26H28N2O2S/c1-18-4-8-21(9-5-18)17-28-16-20(3)23(25(29)22-10-6-19(2)7-11-22)24(28)26(30)27-12-14-31-15-13-27/h4-11,16H,12-15,17H2,1-3H3. The van der Waals surface area contributed by atoms with Crippen LogP contribution in [0.2, 0.25) is 0 Å². The minimum absolute atomic E-state index is 0.0454. The second-order valence-electron chi connectivity index (χ2n) is 8.25. The summed E-state index contributed by atoms with van der Waals surface area (Å²) < 4.78 is 1.96. The van der Waals surface area contributed by atoms with Gasteiger partial charge in [0.25, 0.3) is 5.91 Å². The van der Waals surface area contributed by atoms with Crippen LogP contribution in [-0.4, -0.2) is 45.8 Å². The van der Waals surface area contributed by atoms with Crippen molar-refractivity contribution < 1.29 is 9.59 Å². The molecule has 160 valence electrons. The van der Waals surface area contributed by atoms with Crippen molar-refractivity contribution in [3.8, 4) is 0 Å². The maximum atomic E-state index is 13.6. The predicted octanol–water partition coefficient (Wildman–Crippen LogP) is 4.88. The molecule has 0 radical (unpaired) electrons. The number of nitrogens with zero attached hydrogens (tertiary/aromatic N) is 2. The van der Waals surface area contributed by atoms with Crippen molar-refractivity contribution in [3.05, 3.63) is 93.8 Å². The van der Waals surface area contributed by atoms with Gasteiger partial charge in [0.2, 0.25) is 0 Å². The van der Waals surface area contributed by atoms with Crippen LogP contribution in [0.15, 0.2) is 54.7 Å². The first-order valence-electron chi connectivity index (χ1n) is 10.7. The minimum atomic E-state index is -0.0881. The Morgan fingerprint density at radius 1 is 0.871 bits per heavy atom. The first-order chi connectivity index (χ1) is 14.9. The third-order valence-electron chi connectivity index (χ3n) is 5.78. The van der Waals surface area contributed by atoms with Crippen molar-refractivity contribution in [1.82, 2.24) is 9.47 Å². The Hall–Kier alpha value is -2.79. The van der Waals surface area contributed by atoms with Crippen molar-refractivity contribution in [2.45, 2.75) is 27.3 Å². The molecule has 1 fully saturated rings. The van der Waals surface area contributed by atoms with Crippen LogP contribution in [0.3, 0.4) is 0 Å².